The third kappa shape index (κ3) is 25.6. The van der Waals surface area contributed by atoms with Gasteiger partial charge in [0.25, 0.3) is 0 Å². The van der Waals surface area contributed by atoms with Gasteiger partial charge >= 0.3 is 17.9 Å². The molecule has 3 saturated heterocycles. The highest BCUT2D eigenvalue weighted by Crippen LogP contribution is 2.37. The Morgan fingerprint density at radius 2 is 0.819 bits per heavy atom. The molecule has 15 atom stereocenters. The van der Waals surface area contributed by atoms with Crippen LogP contribution >= 0.6 is 8.58 Å². The summed E-state index contributed by atoms with van der Waals surface area (Å²) in [5, 5.41) is 30.5. The molecule has 0 spiro atoms. The molecule has 3 fully saturated rings. The Morgan fingerprint density at radius 3 is 1.18 bits per heavy atom. The molecule has 22 heteroatoms. The number of aryl methyl sites for hydroxylation is 3. The molecule has 0 aromatic heterocycles. The highest BCUT2D eigenvalue weighted by Gasteiger charge is 2.46. The van der Waals surface area contributed by atoms with Crippen LogP contribution in [-0.4, -0.2) is 174 Å². The Morgan fingerprint density at radius 1 is 0.486 bits per heavy atom. The Labute approximate surface area is 623 Å². The van der Waals surface area contributed by atoms with Crippen LogP contribution in [0.5, 0.6) is 17.2 Å². The van der Waals surface area contributed by atoms with E-state index >= 15 is 0 Å². The number of Topliss-reactive ketones (excluding diaryl/α,β-unsaturated/α-hetero) is 1. The minimum Gasteiger partial charge on any atom is -0.491 e. The quantitative estimate of drug-likeness (QED) is 0.0658. The number of esters is 3. The second-order valence-corrected chi connectivity index (χ2v) is 30.1. The number of ketones is 3. The molecule has 3 N–H and O–H groups in total. The molecule has 105 heavy (non-hydrogen) atoms. The zero-order valence-electron chi connectivity index (χ0n) is 65.1. The molecule has 0 radical (unpaired) electrons. The van der Waals surface area contributed by atoms with Gasteiger partial charge in [0, 0.05) is 24.2 Å². The summed E-state index contributed by atoms with van der Waals surface area (Å²) in [5.74, 6) is -3.08. The average molecular weight is 1480 g/mol. The summed E-state index contributed by atoms with van der Waals surface area (Å²) in [4.78, 5) is 76.8. The molecule has 3 aromatic rings. The first-order valence-corrected chi connectivity index (χ1v) is 38.7. The number of aliphatic hydroxyl groups excluding tert-OH is 3. The van der Waals surface area contributed by atoms with Crippen molar-refractivity contribution in [2.75, 3.05) is 33.2 Å². The standard InChI is InChI=1S/C27H38O7.C27H36O7.C27H34O7.C2H7P/c3*1-7-20(28)15-31-21-13-17(3)24-19(14-21)9-8-10-23-25(34-27(5,6)33-23)22(29)12-11-16(2)18(4)32-26(24)30;1-3-2/h8-9,11-14,16,18,20,22-23,25,28-29H,7,10,15H2,1-6H3;8-9,11-14,16,18,20,23,25,28H,7,10,15H2,1-6H3;8-9,11-14,16,18,23,25H,7,10,15H2,1-6H3;3H,1-2H3/b3*9-8+,12-11-;/t16-,18+,20?,22?,23+,25?;16-,18+,20?,23+,25?;16-,18+,23+,25?;/m111./s1. The van der Waals surface area contributed by atoms with E-state index in [1.54, 1.807) is 109 Å². The van der Waals surface area contributed by atoms with Gasteiger partial charge in [-0.1, -0.05) is 102 Å². The molecule has 6 unspecified atom stereocenters. The van der Waals surface area contributed by atoms with Crippen molar-refractivity contribution in [3.8, 4) is 17.2 Å². The Balaban J connectivity index is 0.000000242. The second-order valence-electron chi connectivity index (χ2n) is 29.1. The van der Waals surface area contributed by atoms with E-state index in [-0.39, 0.29) is 61.0 Å². The lowest BCUT2D eigenvalue weighted by Crippen LogP contribution is -2.34. The molecular weight excluding hydrogens is 1360 g/mol. The molecule has 3 aromatic carbocycles. The van der Waals surface area contributed by atoms with Crippen molar-refractivity contribution in [3.63, 3.8) is 0 Å². The van der Waals surface area contributed by atoms with Gasteiger partial charge in [0.15, 0.2) is 34.7 Å². The van der Waals surface area contributed by atoms with E-state index in [2.05, 4.69) is 13.3 Å². The van der Waals surface area contributed by atoms with Crippen molar-refractivity contribution in [1.29, 1.82) is 0 Å². The summed E-state index contributed by atoms with van der Waals surface area (Å²) in [5.41, 5.74) is 5.39. The fraction of sp³-hybridized carbons (Fsp3) is 0.566. The zero-order valence-corrected chi connectivity index (χ0v) is 66.1. The average Bonchev–Trinajstić information content (AvgIpc) is 1.16. The first kappa shape index (κ1) is 86.9. The van der Waals surface area contributed by atoms with Gasteiger partial charge in [0.2, 0.25) is 0 Å². The molecule has 21 nitrogen and oxygen atoms in total. The van der Waals surface area contributed by atoms with Gasteiger partial charge in [0.1, 0.15) is 79.8 Å². The van der Waals surface area contributed by atoms with Crippen LogP contribution in [0.1, 0.15) is 207 Å². The monoisotopic (exact) mass is 1480 g/mol. The summed E-state index contributed by atoms with van der Waals surface area (Å²) < 4.78 is 70.3. The largest absolute Gasteiger partial charge is 0.491 e. The maximum atomic E-state index is 13.2. The van der Waals surface area contributed by atoms with Gasteiger partial charge in [-0.15, -0.1) is 8.58 Å². The van der Waals surface area contributed by atoms with Crippen molar-refractivity contribution in [2.24, 2.45) is 17.8 Å². The van der Waals surface area contributed by atoms with Crippen LogP contribution in [0.3, 0.4) is 0 Å². The van der Waals surface area contributed by atoms with E-state index in [1.807, 2.05) is 113 Å². The topological polar surface area (TPSA) is 274 Å². The molecule has 0 bridgehead atoms. The van der Waals surface area contributed by atoms with Crippen molar-refractivity contribution in [1.82, 2.24) is 0 Å². The number of cyclic esters (lactones) is 3. The highest BCUT2D eigenvalue weighted by molar-refractivity contribution is 7.35. The summed E-state index contributed by atoms with van der Waals surface area (Å²) in [6, 6.07) is 10.6. The van der Waals surface area contributed by atoms with E-state index in [0.29, 0.717) is 100 Å². The number of fused-ring (bicyclic) bond motifs is 6. The summed E-state index contributed by atoms with van der Waals surface area (Å²) in [7, 11) is 1.08. The molecule has 6 aliphatic heterocycles. The minimum absolute atomic E-state index is 0.0136. The second kappa shape index (κ2) is 39.7. The fourth-order valence-corrected chi connectivity index (χ4v) is 12.1. The molecule has 0 aliphatic carbocycles. The third-order valence-electron chi connectivity index (χ3n) is 18.6. The minimum atomic E-state index is -0.875. The van der Waals surface area contributed by atoms with Crippen molar-refractivity contribution in [2.45, 2.75) is 254 Å². The molecular formula is C83H115O21P. The number of carbonyl (C=O) groups excluding carboxylic acids is 6. The predicted molar refractivity (Wildman–Crippen MR) is 406 cm³/mol. The van der Waals surface area contributed by atoms with E-state index in [4.69, 9.17) is 56.8 Å². The van der Waals surface area contributed by atoms with Crippen LogP contribution in [0.25, 0.3) is 18.2 Å². The Bertz CT molecular complexity index is 3650. The fourth-order valence-electron chi connectivity index (χ4n) is 12.1. The first-order chi connectivity index (χ1) is 49.4. The van der Waals surface area contributed by atoms with E-state index < -0.39 is 102 Å². The van der Waals surface area contributed by atoms with Crippen molar-refractivity contribution in [3.05, 3.63) is 141 Å². The number of ether oxygens (including phenoxy) is 12. The maximum Gasteiger partial charge on any atom is 0.339 e. The molecule has 6 heterocycles. The lowest BCUT2D eigenvalue weighted by atomic mass is 9.97. The molecule has 9 rings (SSSR count). The number of hydrogen-bond acceptors (Lipinski definition) is 21. The van der Waals surface area contributed by atoms with Crippen LogP contribution in [0.15, 0.2) is 91.1 Å². The number of benzene rings is 3. The zero-order chi connectivity index (χ0) is 77.8. The van der Waals surface area contributed by atoms with Gasteiger partial charge in [0.05, 0.1) is 47.2 Å². The third-order valence-corrected chi connectivity index (χ3v) is 18.6. The lowest BCUT2D eigenvalue weighted by molar-refractivity contribution is -0.152. The summed E-state index contributed by atoms with van der Waals surface area (Å²) in [6.45, 7) is 37.6. The van der Waals surface area contributed by atoms with E-state index in [1.165, 1.54) is 12.2 Å². The van der Waals surface area contributed by atoms with Crippen molar-refractivity contribution < 1.29 is 101 Å². The van der Waals surface area contributed by atoms with E-state index in [9.17, 15) is 44.1 Å². The number of rotatable bonds is 12. The number of aliphatic hydroxyl groups is 3. The van der Waals surface area contributed by atoms with Crippen LogP contribution in [0, 0.1) is 38.5 Å². The van der Waals surface area contributed by atoms with Gasteiger partial charge in [-0.05, 0) is 210 Å². The van der Waals surface area contributed by atoms with Gasteiger partial charge < -0.3 is 72.2 Å². The normalized spacial score (nSPS) is 29.5. The summed E-state index contributed by atoms with van der Waals surface area (Å²) in [6.07, 6.45) is 17.5. The SMILES string of the molecule is CCC(=O)COc1cc(C)c2c(c1)/C=C/C[C@@H]1OC(C)(C)OC1C(=O)/C=C\[C@@H](C)[C@H](C)OC2=O.CCC(O)COc1cc(C)c2c(c1)/C=C/C[C@@H]1OC(C)(C)OC1C(=O)/C=C\[C@@H](C)[C@H](C)OC2=O.CCC(O)COc1cc(C)c2c(c1)/C=C/C[C@@H]1OC(C)(C)OC1C(O)/C=C\[C@@H](C)[C@H](C)OC2=O.CPC. The van der Waals surface area contributed by atoms with Gasteiger partial charge in [-0.2, -0.15) is 0 Å². The molecule has 578 valence electrons. The van der Waals surface area contributed by atoms with Gasteiger partial charge in [-0.25, -0.2) is 14.4 Å². The van der Waals surface area contributed by atoms with Crippen LogP contribution in [0.2, 0.25) is 0 Å². The van der Waals surface area contributed by atoms with Gasteiger partial charge in [-0.3, -0.25) is 14.4 Å². The predicted octanol–water partition coefficient (Wildman–Crippen LogP) is 14.1. The molecule has 0 amide bonds. The Kier molecular flexibility index (Phi) is 32.9. The highest BCUT2D eigenvalue weighted by atomic mass is 31.1. The number of carbonyl (C=O) groups is 6. The van der Waals surface area contributed by atoms with Crippen LogP contribution < -0.4 is 14.2 Å². The first-order valence-electron chi connectivity index (χ1n) is 36.7. The molecule has 6 aliphatic rings. The number of hydrogen-bond donors (Lipinski definition) is 3. The Hall–Kier alpha value is -7.01. The lowest BCUT2D eigenvalue weighted by Gasteiger charge is -2.23. The van der Waals surface area contributed by atoms with Crippen LogP contribution in [0.4, 0.5) is 0 Å². The summed E-state index contributed by atoms with van der Waals surface area (Å²) >= 11 is 0. The van der Waals surface area contributed by atoms with Crippen molar-refractivity contribution >= 4 is 62.1 Å². The van der Waals surface area contributed by atoms with Crippen LogP contribution in [-0.2, 0) is 57.0 Å². The van der Waals surface area contributed by atoms with E-state index in [0.717, 1.165) is 14.1 Å². The maximum absolute atomic E-state index is 13.2. The smallest absolute Gasteiger partial charge is 0.339 e. The molecule has 0 saturated carbocycles.